The number of carbonyl (C=O) groups is 1. The molecule has 0 N–H and O–H groups in total. The highest BCUT2D eigenvalue weighted by Gasteiger charge is 2.11. The van der Waals surface area contributed by atoms with Gasteiger partial charge in [-0.3, -0.25) is 4.79 Å². The number of alkyl halides is 1. The molecule has 0 aromatic heterocycles. The van der Waals surface area contributed by atoms with E-state index in [0.29, 0.717) is 11.3 Å². The van der Waals surface area contributed by atoms with Gasteiger partial charge in [-0.1, -0.05) is 12.1 Å². The van der Waals surface area contributed by atoms with E-state index in [1.165, 1.54) is 0 Å². The molecule has 0 amide bonds. The summed E-state index contributed by atoms with van der Waals surface area (Å²) in [5.41, 5.74) is 0.552. The fraction of sp³-hybridized carbons (Fsp3) is 0.364. The average molecular weight is 213 g/mol. The molecule has 0 heterocycles. The second-order valence-electron chi connectivity index (χ2n) is 3.22. The van der Waals surface area contributed by atoms with Crippen LogP contribution < -0.4 is 4.74 Å². The molecule has 0 bridgehead atoms. The molecule has 1 rings (SSSR count). The molecule has 1 aromatic carbocycles. The number of Topliss-reactive ketones (excluding diaryl/α,β-unsaturated/α-hetero) is 1. The van der Waals surface area contributed by atoms with Crippen molar-refractivity contribution >= 4 is 17.4 Å². The minimum Gasteiger partial charge on any atom is -0.490 e. The molecule has 0 aliphatic rings. The van der Waals surface area contributed by atoms with Gasteiger partial charge < -0.3 is 4.74 Å². The lowest BCUT2D eigenvalue weighted by molar-refractivity contribution is 0.101. The summed E-state index contributed by atoms with van der Waals surface area (Å²) in [6.07, 6.45) is 0.0549. The molecule has 0 aliphatic carbocycles. The van der Waals surface area contributed by atoms with Gasteiger partial charge in [0.15, 0.2) is 5.78 Å². The Morgan fingerprint density at radius 1 is 1.43 bits per heavy atom. The van der Waals surface area contributed by atoms with Gasteiger partial charge >= 0.3 is 0 Å². The summed E-state index contributed by atoms with van der Waals surface area (Å²) >= 11 is 5.49. The van der Waals surface area contributed by atoms with Crippen molar-refractivity contribution in [1.82, 2.24) is 0 Å². The standard InChI is InChI=1S/C11H13ClO2/c1-8(2)14-11-6-4-3-5-9(11)10(13)7-12/h3-6,8H,7H2,1-2H3. The van der Waals surface area contributed by atoms with E-state index in [9.17, 15) is 4.79 Å². The zero-order valence-electron chi connectivity index (χ0n) is 8.29. The number of ketones is 1. The van der Waals surface area contributed by atoms with Crippen molar-refractivity contribution in [2.45, 2.75) is 20.0 Å². The van der Waals surface area contributed by atoms with Crippen molar-refractivity contribution in [2.24, 2.45) is 0 Å². The molecule has 0 radical (unpaired) electrons. The molecule has 0 unspecified atom stereocenters. The molecule has 0 spiro atoms. The second kappa shape index (κ2) is 5.01. The highest BCUT2D eigenvalue weighted by molar-refractivity contribution is 6.30. The van der Waals surface area contributed by atoms with E-state index in [2.05, 4.69) is 0 Å². The average Bonchev–Trinajstić information content (AvgIpc) is 2.16. The van der Waals surface area contributed by atoms with E-state index < -0.39 is 0 Å². The predicted molar refractivity (Wildman–Crippen MR) is 57.3 cm³/mol. The highest BCUT2D eigenvalue weighted by Crippen LogP contribution is 2.20. The zero-order valence-corrected chi connectivity index (χ0v) is 9.04. The summed E-state index contributed by atoms with van der Waals surface area (Å²) in [6.45, 7) is 3.84. The number of hydrogen-bond acceptors (Lipinski definition) is 2. The van der Waals surface area contributed by atoms with Crippen molar-refractivity contribution in [1.29, 1.82) is 0 Å². The number of benzene rings is 1. The highest BCUT2D eigenvalue weighted by atomic mass is 35.5. The van der Waals surface area contributed by atoms with Gasteiger partial charge in [0.2, 0.25) is 0 Å². The van der Waals surface area contributed by atoms with Crippen LogP contribution in [0.3, 0.4) is 0 Å². The molecule has 3 heteroatoms. The summed E-state index contributed by atoms with van der Waals surface area (Å²) < 4.78 is 5.49. The fourth-order valence-electron chi connectivity index (χ4n) is 1.13. The molecule has 0 atom stereocenters. The number of halogens is 1. The monoisotopic (exact) mass is 212 g/mol. The minimum absolute atomic E-state index is 0.0154. The minimum atomic E-state index is -0.108. The molecule has 1 aromatic rings. The smallest absolute Gasteiger partial charge is 0.181 e. The van der Waals surface area contributed by atoms with E-state index in [1.54, 1.807) is 18.2 Å². The van der Waals surface area contributed by atoms with E-state index in [4.69, 9.17) is 16.3 Å². The van der Waals surface area contributed by atoms with Crippen LogP contribution in [0.2, 0.25) is 0 Å². The topological polar surface area (TPSA) is 26.3 Å². The molecule has 14 heavy (non-hydrogen) atoms. The fourth-order valence-corrected chi connectivity index (χ4v) is 1.27. The summed E-state index contributed by atoms with van der Waals surface area (Å²) in [5.74, 6) is 0.481. The van der Waals surface area contributed by atoms with Gasteiger partial charge in [-0.25, -0.2) is 0 Å². The number of rotatable bonds is 4. The number of ether oxygens (including phenoxy) is 1. The van der Waals surface area contributed by atoms with E-state index in [0.717, 1.165) is 0 Å². The van der Waals surface area contributed by atoms with Gasteiger partial charge in [0.1, 0.15) is 5.75 Å². The Labute approximate surface area is 88.8 Å². The van der Waals surface area contributed by atoms with Crippen molar-refractivity contribution in [2.75, 3.05) is 5.88 Å². The number of carbonyl (C=O) groups excluding carboxylic acids is 1. The lowest BCUT2D eigenvalue weighted by atomic mass is 10.1. The van der Waals surface area contributed by atoms with E-state index in [1.807, 2.05) is 19.9 Å². The maximum Gasteiger partial charge on any atom is 0.181 e. The summed E-state index contributed by atoms with van der Waals surface area (Å²) in [4.78, 5) is 11.4. The molecule has 0 saturated carbocycles. The SMILES string of the molecule is CC(C)Oc1ccccc1C(=O)CCl. The van der Waals surface area contributed by atoms with Gasteiger partial charge in [0.05, 0.1) is 17.5 Å². The summed E-state index contributed by atoms with van der Waals surface area (Å²) in [6, 6.07) is 7.14. The van der Waals surface area contributed by atoms with Gasteiger partial charge in [0, 0.05) is 0 Å². The maximum absolute atomic E-state index is 11.4. The van der Waals surface area contributed by atoms with E-state index in [-0.39, 0.29) is 17.8 Å². The van der Waals surface area contributed by atoms with Gasteiger partial charge in [-0.15, -0.1) is 11.6 Å². The third-order valence-electron chi connectivity index (χ3n) is 1.67. The Kier molecular flexibility index (Phi) is 3.96. The molecule has 76 valence electrons. The van der Waals surface area contributed by atoms with Crippen LogP contribution in [0.25, 0.3) is 0 Å². The van der Waals surface area contributed by atoms with Crippen LogP contribution >= 0.6 is 11.6 Å². The molecule has 0 aliphatic heterocycles. The van der Waals surface area contributed by atoms with Crippen LogP contribution in [0.1, 0.15) is 24.2 Å². The first-order valence-corrected chi connectivity index (χ1v) is 5.03. The van der Waals surface area contributed by atoms with E-state index >= 15 is 0 Å². The predicted octanol–water partition coefficient (Wildman–Crippen LogP) is 2.90. The quantitative estimate of drug-likeness (QED) is 0.567. The molecule has 0 fully saturated rings. The molecular formula is C11H13ClO2. The lowest BCUT2D eigenvalue weighted by Gasteiger charge is -2.12. The van der Waals surface area contributed by atoms with Crippen LogP contribution in [-0.2, 0) is 0 Å². The Morgan fingerprint density at radius 3 is 2.64 bits per heavy atom. The molecular weight excluding hydrogens is 200 g/mol. The maximum atomic E-state index is 11.4. The van der Waals surface area contributed by atoms with Crippen LogP contribution in [0.5, 0.6) is 5.75 Å². The van der Waals surface area contributed by atoms with Crippen molar-refractivity contribution in [3.8, 4) is 5.75 Å². The Hall–Kier alpha value is -1.02. The third kappa shape index (κ3) is 2.74. The summed E-state index contributed by atoms with van der Waals surface area (Å²) in [5, 5.41) is 0. The first kappa shape index (κ1) is 11.1. The lowest BCUT2D eigenvalue weighted by Crippen LogP contribution is -2.10. The van der Waals surface area contributed by atoms with Crippen LogP contribution in [-0.4, -0.2) is 17.8 Å². The molecule has 2 nitrogen and oxygen atoms in total. The van der Waals surface area contributed by atoms with Gasteiger partial charge in [0.25, 0.3) is 0 Å². The number of hydrogen-bond donors (Lipinski definition) is 0. The third-order valence-corrected chi connectivity index (χ3v) is 1.91. The normalized spacial score (nSPS) is 10.3. The van der Waals surface area contributed by atoms with Gasteiger partial charge in [-0.05, 0) is 26.0 Å². The van der Waals surface area contributed by atoms with Gasteiger partial charge in [-0.2, -0.15) is 0 Å². The Morgan fingerprint density at radius 2 is 2.07 bits per heavy atom. The van der Waals surface area contributed by atoms with Crippen LogP contribution in [0.15, 0.2) is 24.3 Å². The van der Waals surface area contributed by atoms with Crippen LogP contribution in [0.4, 0.5) is 0 Å². The Balaban J connectivity index is 2.97. The largest absolute Gasteiger partial charge is 0.490 e. The first-order chi connectivity index (χ1) is 6.65. The van der Waals surface area contributed by atoms with Crippen LogP contribution in [0, 0.1) is 0 Å². The van der Waals surface area contributed by atoms with Crippen molar-refractivity contribution in [3.05, 3.63) is 29.8 Å². The Bertz CT molecular complexity index is 321. The summed E-state index contributed by atoms with van der Waals surface area (Å²) in [7, 11) is 0. The first-order valence-electron chi connectivity index (χ1n) is 4.50. The second-order valence-corrected chi connectivity index (χ2v) is 3.49. The number of para-hydroxylation sites is 1. The van der Waals surface area contributed by atoms with Crippen molar-refractivity contribution in [3.63, 3.8) is 0 Å². The zero-order chi connectivity index (χ0) is 10.6. The molecule has 0 saturated heterocycles. The van der Waals surface area contributed by atoms with Crippen molar-refractivity contribution < 1.29 is 9.53 Å².